The van der Waals surface area contributed by atoms with Gasteiger partial charge in [-0.3, -0.25) is 4.57 Å². The number of aryl methyl sites for hydroxylation is 1. The first-order valence-electron chi connectivity index (χ1n) is 8.95. The predicted molar refractivity (Wildman–Crippen MR) is 110 cm³/mol. The summed E-state index contributed by atoms with van der Waals surface area (Å²) >= 11 is 0. The van der Waals surface area contributed by atoms with Gasteiger partial charge < -0.3 is 10.4 Å². The molecular weight excluding hydrogens is 350 g/mol. The van der Waals surface area contributed by atoms with Crippen LogP contribution in [0.3, 0.4) is 0 Å². The number of phenols is 1. The van der Waals surface area contributed by atoms with Crippen molar-refractivity contribution >= 4 is 33.3 Å². The second-order valence-electron chi connectivity index (χ2n) is 6.61. The number of rotatable bonds is 3. The Bertz CT molecular complexity index is 1330. The lowest BCUT2D eigenvalue weighted by Crippen LogP contribution is -1.99. The Balaban J connectivity index is 1.56. The van der Waals surface area contributed by atoms with Crippen molar-refractivity contribution in [3.05, 3.63) is 78.8 Å². The molecule has 0 amide bonds. The molecule has 0 saturated carbocycles. The first kappa shape index (κ1) is 16.3. The smallest absolute Gasteiger partial charge is 0.160 e. The highest BCUT2D eigenvalue weighted by Gasteiger charge is 2.10. The summed E-state index contributed by atoms with van der Waals surface area (Å²) in [6.07, 6.45) is 1.71. The third-order valence-corrected chi connectivity index (χ3v) is 4.82. The molecule has 0 bridgehead atoms. The van der Waals surface area contributed by atoms with Gasteiger partial charge in [0.05, 0.1) is 22.4 Å². The molecule has 0 radical (unpaired) electrons. The van der Waals surface area contributed by atoms with Gasteiger partial charge in [0.25, 0.3) is 0 Å². The van der Waals surface area contributed by atoms with Gasteiger partial charge in [-0.25, -0.2) is 4.98 Å². The minimum atomic E-state index is 0.213. The maximum absolute atomic E-state index is 10.1. The Hall–Kier alpha value is -3.93. The molecule has 0 aliphatic rings. The lowest BCUT2D eigenvalue weighted by molar-refractivity contribution is 0.472. The van der Waals surface area contributed by atoms with Crippen LogP contribution in [0.15, 0.2) is 73.1 Å². The monoisotopic (exact) mass is 367 g/mol. The molecule has 0 saturated heterocycles. The van der Waals surface area contributed by atoms with Crippen LogP contribution in [0.5, 0.6) is 5.75 Å². The molecule has 0 spiro atoms. The van der Waals surface area contributed by atoms with Gasteiger partial charge >= 0.3 is 0 Å². The van der Waals surface area contributed by atoms with E-state index in [1.807, 2.05) is 66.1 Å². The normalized spacial score (nSPS) is 11.2. The Morgan fingerprint density at radius 2 is 1.68 bits per heavy atom. The van der Waals surface area contributed by atoms with E-state index in [1.54, 1.807) is 18.5 Å². The van der Waals surface area contributed by atoms with Crippen molar-refractivity contribution in [2.45, 2.75) is 6.92 Å². The maximum Gasteiger partial charge on any atom is 0.160 e. The van der Waals surface area contributed by atoms with Crippen molar-refractivity contribution < 1.29 is 5.11 Å². The van der Waals surface area contributed by atoms with Gasteiger partial charge in [-0.05, 0) is 37.3 Å². The summed E-state index contributed by atoms with van der Waals surface area (Å²) in [6, 6.07) is 21.2. The van der Waals surface area contributed by atoms with Crippen LogP contribution < -0.4 is 5.32 Å². The standard InChI is InChI=1S/C22H17N5O/c1-14-16-6-2-3-7-17(16)22(26-25-14)24-15-10-11-19-18(12-15)23-13-27(19)20-8-4-5-9-21(20)28/h2-13,28H,1H3,(H,24,26). The first-order valence-corrected chi connectivity index (χ1v) is 8.95. The van der Waals surface area contributed by atoms with Gasteiger partial charge in [0.2, 0.25) is 0 Å². The topological polar surface area (TPSA) is 75.9 Å². The van der Waals surface area contributed by atoms with Gasteiger partial charge in [0.1, 0.15) is 12.1 Å². The minimum Gasteiger partial charge on any atom is -0.506 e. The molecule has 2 heterocycles. The van der Waals surface area contributed by atoms with Crippen LogP contribution >= 0.6 is 0 Å². The zero-order valence-corrected chi connectivity index (χ0v) is 15.2. The summed E-state index contributed by atoms with van der Waals surface area (Å²) in [5.41, 5.74) is 4.20. The maximum atomic E-state index is 10.1. The summed E-state index contributed by atoms with van der Waals surface area (Å²) in [4.78, 5) is 4.49. The van der Waals surface area contributed by atoms with E-state index in [2.05, 4.69) is 20.5 Å². The van der Waals surface area contributed by atoms with Crippen LogP contribution in [-0.2, 0) is 0 Å². The van der Waals surface area contributed by atoms with Crippen LogP contribution in [0.1, 0.15) is 5.69 Å². The highest BCUT2D eigenvalue weighted by molar-refractivity contribution is 5.95. The van der Waals surface area contributed by atoms with Crippen molar-refractivity contribution in [3.8, 4) is 11.4 Å². The van der Waals surface area contributed by atoms with Crippen molar-refractivity contribution in [1.82, 2.24) is 19.7 Å². The second-order valence-corrected chi connectivity index (χ2v) is 6.61. The fourth-order valence-electron chi connectivity index (χ4n) is 3.42. The quantitative estimate of drug-likeness (QED) is 0.482. The molecule has 0 aliphatic carbocycles. The molecule has 0 atom stereocenters. The van der Waals surface area contributed by atoms with E-state index >= 15 is 0 Å². The highest BCUT2D eigenvalue weighted by atomic mass is 16.3. The Labute approximate surface area is 161 Å². The molecule has 6 heteroatoms. The van der Waals surface area contributed by atoms with Crippen LogP contribution in [0.4, 0.5) is 11.5 Å². The van der Waals surface area contributed by atoms with Crippen LogP contribution in [0.25, 0.3) is 27.5 Å². The number of fused-ring (bicyclic) bond motifs is 2. The summed E-state index contributed by atoms with van der Waals surface area (Å²) in [5.74, 6) is 0.922. The number of anilines is 2. The van der Waals surface area contributed by atoms with E-state index < -0.39 is 0 Å². The summed E-state index contributed by atoms with van der Waals surface area (Å²) in [7, 11) is 0. The highest BCUT2D eigenvalue weighted by Crippen LogP contribution is 2.29. The number of aromatic hydroxyl groups is 1. The predicted octanol–water partition coefficient (Wildman–Crippen LogP) is 4.73. The van der Waals surface area contributed by atoms with E-state index in [-0.39, 0.29) is 5.75 Å². The summed E-state index contributed by atoms with van der Waals surface area (Å²) < 4.78 is 1.87. The van der Waals surface area contributed by atoms with Crippen LogP contribution in [0, 0.1) is 6.92 Å². The fraction of sp³-hybridized carbons (Fsp3) is 0.0455. The van der Waals surface area contributed by atoms with Crippen molar-refractivity contribution in [1.29, 1.82) is 0 Å². The second kappa shape index (κ2) is 6.35. The number of para-hydroxylation sites is 2. The zero-order valence-electron chi connectivity index (χ0n) is 15.2. The zero-order chi connectivity index (χ0) is 19.1. The van der Waals surface area contributed by atoms with Crippen molar-refractivity contribution in [3.63, 3.8) is 0 Å². The van der Waals surface area contributed by atoms with Crippen molar-refractivity contribution in [2.24, 2.45) is 0 Å². The number of phenolic OH excluding ortho intramolecular Hbond substituents is 1. The molecule has 28 heavy (non-hydrogen) atoms. The van der Waals surface area contributed by atoms with E-state index in [0.717, 1.165) is 33.2 Å². The molecule has 2 aromatic heterocycles. The molecule has 2 N–H and O–H groups in total. The molecule has 3 aromatic carbocycles. The average molecular weight is 367 g/mol. The van der Waals surface area contributed by atoms with Gasteiger partial charge in [0, 0.05) is 16.5 Å². The number of aromatic nitrogens is 4. The summed E-state index contributed by atoms with van der Waals surface area (Å²) in [5, 5.41) is 24.2. The van der Waals surface area contributed by atoms with E-state index in [4.69, 9.17) is 0 Å². The average Bonchev–Trinajstić information content (AvgIpc) is 3.14. The Morgan fingerprint density at radius 3 is 2.54 bits per heavy atom. The number of hydrogen-bond acceptors (Lipinski definition) is 5. The van der Waals surface area contributed by atoms with E-state index in [0.29, 0.717) is 11.5 Å². The SMILES string of the molecule is Cc1nnc(Nc2ccc3c(c2)ncn3-c2ccccc2O)c2ccccc12. The van der Waals surface area contributed by atoms with Gasteiger partial charge in [0.15, 0.2) is 5.82 Å². The molecular formula is C22H17N5O. The molecule has 6 nitrogen and oxygen atoms in total. The molecule has 0 unspecified atom stereocenters. The number of nitrogens with zero attached hydrogens (tertiary/aromatic N) is 4. The lowest BCUT2D eigenvalue weighted by Gasteiger charge is -2.10. The van der Waals surface area contributed by atoms with E-state index in [1.165, 1.54) is 0 Å². The lowest BCUT2D eigenvalue weighted by atomic mass is 10.1. The van der Waals surface area contributed by atoms with Gasteiger partial charge in [-0.1, -0.05) is 36.4 Å². The van der Waals surface area contributed by atoms with Gasteiger partial charge in [-0.2, -0.15) is 5.10 Å². The minimum absolute atomic E-state index is 0.213. The number of hydrogen-bond donors (Lipinski definition) is 2. The van der Waals surface area contributed by atoms with Crippen molar-refractivity contribution in [2.75, 3.05) is 5.32 Å². The molecule has 0 fully saturated rings. The molecule has 136 valence electrons. The summed E-state index contributed by atoms with van der Waals surface area (Å²) in [6.45, 7) is 1.96. The third kappa shape index (κ3) is 2.63. The van der Waals surface area contributed by atoms with Crippen LogP contribution in [-0.4, -0.2) is 24.9 Å². The molecule has 5 aromatic rings. The Kier molecular flexibility index (Phi) is 3.69. The van der Waals surface area contributed by atoms with E-state index in [9.17, 15) is 5.11 Å². The first-order chi connectivity index (χ1) is 13.7. The molecule has 0 aliphatic heterocycles. The van der Waals surface area contributed by atoms with Crippen LogP contribution in [0.2, 0.25) is 0 Å². The fourth-order valence-corrected chi connectivity index (χ4v) is 3.42. The largest absolute Gasteiger partial charge is 0.506 e. The molecule has 5 rings (SSSR count). The number of benzene rings is 3. The van der Waals surface area contributed by atoms with Gasteiger partial charge in [-0.15, -0.1) is 5.10 Å². The third-order valence-electron chi connectivity index (χ3n) is 4.82. The number of imidazole rings is 1. The number of nitrogens with one attached hydrogen (secondary N) is 1. The Morgan fingerprint density at radius 1 is 0.893 bits per heavy atom.